The van der Waals surface area contributed by atoms with Crippen LogP contribution in [0.25, 0.3) is 0 Å². The van der Waals surface area contributed by atoms with Crippen LogP contribution < -0.4 is 5.43 Å². The van der Waals surface area contributed by atoms with Crippen LogP contribution in [0.15, 0.2) is 47.6 Å². The summed E-state index contributed by atoms with van der Waals surface area (Å²) >= 11 is 0. The summed E-state index contributed by atoms with van der Waals surface area (Å²) in [5.41, 5.74) is 2.78. The first-order chi connectivity index (χ1) is 11.4. The van der Waals surface area contributed by atoms with Crippen molar-refractivity contribution in [3.8, 4) is 0 Å². The molecule has 0 fully saturated rings. The number of aromatic carboxylic acids is 1. The van der Waals surface area contributed by atoms with Crippen molar-refractivity contribution in [2.75, 3.05) is 0 Å². The number of hydrogen-bond acceptors (Lipinski definition) is 5. The second-order valence-corrected chi connectivity index (χ2v) is 4.80. The predicted octanol–water partition coefficient (Wildman–Crippen LogP) is 2.37. The summed E-state index contributed by atoms with van der Waals surface area (Å²) in [7, 11) is 0. The Morgan fingerprint density at radius 3 is 2.50 bits per heavy atom. The number of nitrogens with one attached hydrogen (secondary N) is 1. The van der Waals surface area contributed by atoms with Gasteiger partial charge in [-0.1, -0.05) is 24.3 Å². The third-order valence-electron chi connectivity index (χ3n) is 3.31. The largest absolute Gasteiger partial charge is 0.478 e. The molecule has 2 N–H and O–H groups in total. The number of carbonyl (C=O) groups excluding carboxylic acids is 1. The van der Waals surface area contributed by atoms with Crippen molar-refractivity contribution in [2.45, 2.75) is 6.92 Å². The molecule has 2 aromatic rings. The van der Waals surface area contributed by atoms with E-state index in [0.717, 1.165) is 0 Å². The van der Waals surface area contributed by atoms with Gasteiger partial charge in [-0.25, -0.2) is 10.2 Å². The maximum atomic E-state index is 12.1. The molecule has 0 aliphatic heterocycles. The van der Waals surface area contributed by atoms with E-state index < -0.39 is 16.8 Å². The lowest BCUT2D eigenvalue weighted by Crippen LogP contribution is -2.19. The van der Waals surface area contributed by atoms with Gasteiger partial charge >= 0.3 is 5.97 Å². The van der Waals surface area contributed by atoms with Gasteiger partial charge in [-0.3, -0.25) is 14.9 Å². The summed E-state index contributed by atoms with van der Waals surface area (Å²) in [6.07, 6.45) is 1.20. The van der Waals surface area contributed by atoms with Gasteiger partial charge in [0.05, 0.1) is 22.3 Å². The minimum absolute atomic E-state index is 0.0435. The number of amides is 1. The zero-order valence-electron chi connectivity index (χ0n) is 12.6. The highest BCUT2D eigenvalue weighted by atomic mass is 16.6. The third kappa shape index (κ3) is 3.61. The molecule has 0 saturated heterocycles. The van der Waals surface area contributed by atoms with E-state index in [1.165, 1.54) is 43.5 Å². The number of carboxylic acid groups (broad SMARTS) is 1. The third-order valence-corrected chi connectivity index (χ3v) is 3.31. The van der Waals surface area contributed by atoms with Crippen LogP contribution in [-0.4, -0.2) is 28.1 Å². The zero-order valence-corrected chi connectivity index (χ0v) is 12.6. The Morgan fingerprint density at radius 1 is 1.17 bits per heavy atom. The molecule has 0 unspecified atom stereocenters. The molecule has 8 nitrogen and oxygen atoms in total. The number of nitrogens with zero attached hydrogens (tertiary/aromatic N) is 2. The molecule has 0 bridgehead atoms. The SMILES string of the molecule is Cc1c(C(=O)N/N=C\c2ccccc2C(=O)O)cccc1[N+](=O)[O-]. The molecule has 0 heterocycles. The van der Waals surface area contributed by atoms with Crippen LogP contribution in [0.1, 0.15) is 31.8 Å². The Hall–Kier alpha value is -3.55. The lowest BCUT2D eigenvalue weighted by atomic mass is 10.1. The Kier molecular flexibility index (Phi) is 5.00. The summed E-state index contributed by atoms with van der Waals surface area (Å²) < 4.78 is 0. The molecule has 0 radical (unpaired) electrons. The lowest BCUT2D eigenvalue weighted by Gasteiger charge is -2.04. The second-order valence-electron chi connectivity index (χ2n) is 4.80. The number of hydrazone groups is 1. The molecule has 0 aliphatic carbocycles. The normalized spacial score (nSPS) is 10.5. The van der Waals surface area contributed by atoms with Crippen molar-refractivity contribution >= 4 is 23.8 Å². The number of rotatable bonds is 5. The van der Waals surface area contributed by atoms with Gasteiger partial charge in [-0.05, 0) is 19.1 Å². The molecule has 0 atom stereocenters. The molecule has 2 aromatic carbocycles. The van der Waals surface area contributed by atoms with Crippen molar-refractivity contribution in [3.63, 3.8) is 0 Å². The molecular weight excluding hydrogens is 314 g/mol. The minimum atomic E-state index is -1.11. The van der Waals surface area contributed by atoms with Crippen molar-refractivity contribution < 1.29 is 19.6 Å². The molecule has 8 heteroatoms. The molecular formula is C16H13N3O5. The number of hydrogen-bond donors (Lipinski definition) is 2. The van der Waals surface area contributed by atoms with Crippen LogP contribution in [-0.2, 0) is 0 Å². The Morgan fingerprint density at radius 2 is 1.83 bits per heavy atom. The number of carbonyl (C=O) groups is 2. The van der Waals surface area contributed by atoms with E-state index in [-0.39, 0.29) is 22.4 Å². The van der Waals surface area contributed by atoms with Crippen LogP contribution in [0, 0.1) is 17.0 Å². The summed E-state index contributed by atoms with van der Waals surface area (Å²) in [4.78, 5) is 33.5. The zero-order chi connectivity index (χ0) is 17.7. The number of nitro groups is 1. The standard InChI is InChI=1S/C16H13N3O5/c1-10-12(7-4-8-14(10)19(23)24)15(20)18-17-9-11-5-2-3-6-13(11)16(21)22/h2-9H,1H3,(H,18,20)(H,21,22)/b17-9-. The fourth-order valence-electron chi connectivity index (χ4n) is 2.09. The highest BCUT2D eigenvalue weighted by Gasteiger charge is 2.17. The van der Waals surface area contributed by atoms with Gasteiger partial charge in [0.2, 0.25) is 0 Å². The van der Waals surface area contributed by atoms with Gasteiger partial charge in [0.15, 0.2) is 0 Å². The Bertz CT molecular complexity index is 845. The molecule has 0 aromatic heterocycles. The topological polar surface area (TPSA) is 122 Å². The van der Waals surface area contributed by atoms with E-state index in [1.807, 2.05) is 0 Å². The first-order valence-electron chi connectivity index (χ1n) is 6.81. The van der Waals surface area contributed by atoms with Crippen molar-refractivity contribution in [3.05, 3.63) is 74.8 Å². The quantitative estimate of drug-likeness (QED) is 0.496. The lowest BCUT2D eigenvalue weighted by molar-refractivity contribution is -0.385. The van der Waals surface area contributed by atoms with E-state index in [1.54, 1.807) is 12.1 Å². The van der Waals surface area contributed by atoms with Crippen LogP contribution >= 0.6 is 0 Å². The maximum absolute atomic E-state index is 12.1. The fourth-order valence-corrected chi connectivity index (χ4v) is 2.09. The highest BCUT2D eigenvalue weighted by Crippen LogP contribution is 2.20. The van der Waals surface area contributed by atoms with Gasteiger partial charge in [-0.15, -0.1) is 0 Å². The smallest absolute Gasteiger partial charge is 0.336 e. The van der Waals surface area contributed by atoms with E-state index >= 15 is 0 Å². The van der Waals surface area contributed by atoms with Gasteiger partial charge in [0.1, 0.15) is 0 Å². The monoisotopic (exact) mass is 327 g/mol. The molecule has 122 valence electrons. The minimum Gasteiger partial charge on any atom is -0.478 e. The van der Waals surface area contributed by atoms with Crippen LogP contribution in [0.4, 0.5) is 5.69 Å². The first kappa shape index (κ1) is 16.8. The summed E-state index contributed by atoms with van der Waals surface area (Å²) in [5, 5.41) is 23.7. The average molecular weight is 327 g/mol. The second kappa shape index (κ2) is 7.14. The number of carboxylic acids is 1. The molecule has 1 amide bonds. The van der Waals surface area contributed by atoms with Gasteiger partial charge in [0, 0.05) is 17.2 Å². The molecule has 24 heavy (non-hydrogen) atoms. The summed E-state index contributed by atoms with van der Waals surface area (Å²) in [6, 6.07) is 10.3. The molecule has 0 aliphatic rings. The highest BCUT2D eigenvalue weighted by molar-refractivity contribution is 6.00. The van der Waals surface area contributed by atoms with Gasteiger partial charge in [-0.2, -0.15) is 5.10 Å². The average Bonchev–Trinajstić information content (AvgIpc) is 2.54. The first-order valence-corrected chi connectivity index (χ1v) is 6.81. The van der Waals surface area contributed by atoms with E-state index in [0.29, 0.717) is 5.56 Å². The molecule has 0 saturated carbocycles. The predicted molar refractivity (Wildman–Crippen MR) is 86.3 cm³/mol. The molecule has 2 rings (SSSR count). The number of nitro benzene ring substituents is 1. The van der Waals surface area contributed by atoms with Crippen molar-refractivity contribution in [1.82, 2.24) is 5.43 Å². The van der Waals surface area contributed by atoms with E-state index in [4.69, 9.17) is 5.11 Å². The number of benzene rings is 2. The van der Waals surface area contributed by atoms with Crippen LogP contribution in [0.3, 0.4) is 0 Å². The van der Waals surface area contributed by atoms with Gasteiger partial charge in [0.25, 0.3) is 11.6 Å². The van der Waals surface area contributed by atoms with Crippen molar-refractivity contribution in [1.29, 1.82) is 0 Å². The van der Waals surface area contributed by atoms with Crippen LogP contribution in [0.5, 0.6) is 0 Å². The van der Waals surface area contributed by atoms with Crippen LogP contribution in [0.2, 0.25) is 0 Å². The van der Waals surface area contributed by atoms with Gasteiger partial charge < -0.3 is 5.11 Å². The van der Waals surface area contributed by atoms with Crippen molar-refractivity contribution in [2.24, 2.45) is 5.10 Å². The fraction of sp³-hybridized carbons (Fsp3) is 0.0625. The summed E-state index contributed by atoms with van der Waals surface area (Å²) in [6.45, 7) is 1.47. The maximum Gasteiger partial charge on any atom is 0.336 e. The molecule has 0 spiro atoms. The Balaban J connectivity index is 2.19. The van der Waals surface area contributed by atoms with E-state index in [9.17, 15) is 19.7 Å². The summed E-state index contributed by atoms with van der Waals surface area (Å²) in [5.74, 6) is -1.74. The van der Waals surface area contributed by atoms with E-state index in [2.05, 4.69) is 10.5 Å². The Labute approximate surface area is 136 Å².